The summed E-state index contributed by atoms with van der Waals surface area (Å²) in [5.41, 5.74) is 0. The van der Waals surface area contributed by atoms with Crippen LogP contribution in [0, 0.1) is 0 Å². The van der Waals surface area contributed by atoms with E-state index in [1.165, 1.54) is 19.4 Å². The van der Waals surface area contributed by atoms with Crippen LogP contribution in [0.4, 0.5) is 0 Å². The molecule has 0 aliphatic heterocycles. The summed E-state index contributed by atoms with van der Waals surface area (Å²) in [5.74, 6) is 0. The highest BCUT2D eigenvalue weighted by Gasteiger charge is 2.12. The van der Waals surface area contributed by atoms with Crippen molar-refractivity contribution in [3.8, 4) is 0 Å². The Hall–Kier alpha value is 0.850. The third-order valence-corrected chi connectivity index (χ3v) is 1.00. The first-order chi connectivity index (χ1) is 3.56. The molecule has 0 fully saturated rings. The van der Waals surface area contributed by atoms with E-state index in [-0.39, 0.29) is 0 Å². The van der Waals surface area contributed by atoms with E-state index < -0.39 is 2.34 Å². The van der Waals surface area contributed by atoms with E-state index in [0.29, 0.717) is 0 Å². The van der Waals surface area contributed by atoms with Gasteiger partial charge in [-0.3, -0.25) is 0 Å². The molecule has 0 heterocycles. The summed E-state index contributed by atoms with van der Waals surface area (Å²) < 4.78 is 3.72. The second-order valence-electron chi connectivity index (χ2n) is 1.08. The van der Waals surface area contributed by atoms with Gasteiger partial charge < -0.3 is 4.74 Å². The lowest BCUT2D eigenvalue weighted by atomic mass is 10.7. The summed E-state index contributed by atoms with van der Waals surface area (Å²) >= 11 is 12.9. The highest BCUT2D eigenvalue weighted by Crippen LogP contribution is 2.30. The van der Waals surface area contributed by atoms with Crippen LogP contribution in [0.3, 0.4) is 0 Å². The van der Waals surface area contributed by atoms with Crippen molar-refractivity contribution in [1.82, 2.24) is 0 Å². The minimum atomic E-state index is -0.840. The molecular formula is C4H5Cl2IO. The number of hydrogen-bond donors (Lipinski definition) is 0. The second-order valence-corrected chi connectivity index (χ2v) is 5.44. The summed E-state index contributed by atoms with van der Waals surface area (Å²) in [4.78, 5) is 0. The van der Waals surface area contributed by atoms with Gasteiger partial charge in [-0.05, 0) is 28.7 Å². The van der Waals surface area contributed by atoms with Gasteiger partial charge in [-0.2, -0.15) is 0 Å². The molecule has 0 bridgehead atoms. The van der Waals surface area contributed by atoms with Crippen LogP contribution in [-0.2, 0) is 4.74 Å². The molecule has 0 aromatic heterocycles. The zero-order chi connectivity index (χ0) is 6.62. The fourth-order valence-electron chi connectivity index (χ4n) is 0.145. The fourth-order valence-corrected chi connectivity index (χ4v) is 0.395. The molecule has 48 valence electrons. The third kappa shape index (κ3) is 6.85. The van der Waals surface area contributed by atoms with E-state index in [4.69, 9.17) is 23.2 Å². The highest BCUT2D eigenvalue weighted by molar-refractivity contribution is 14.1. The zero-order valence-electron chi connectivity index (χ0n) is 4.20. The molecule has 4 heteroatoms. The van der Waals surface area contributed by atoms with Crippen LogP contribution < -0.4 is 0 Å². The maximum absolute atomic E-state index is 5.50. The SMILES string of the molecule is COC=CC(Cl)(Cl)I. The molecule has 0 aliphatic rings. The van der Waals surface area contributed by atoms with Gasteiger partial charge in [0, 0.05) is 0 Å². The highest BCUT2D eigenvalue weighted by atomic mass is 127. The average molecular weight is 267 g/mol. The van der Waals surface area contributed by atoms with Crippen LogP contribution in [0.1, 0.15) is 0 Å². The van der Waals surface area contributed by atoms with Gasteiger partial charge in [0.1, 0.15) is 0 Å². The number of hydrogen-bond acceptors (Lipinski definition) is 1. The minimum absolute atomic E-state index is 0.840. The normalized spacial score (nSPS) is 12.5. The van der Waals surface area contributed by atoms with Gasteiger partial charge >= 0.3 is 0 Å². The summed E-state index contributed by atoms with van der Waals surface area (Å²) in [7, 11) is 1.53. The van der Waals surface area contributed by atoms with Gasteiger partial charge in [0.25, 0.3) is 0 Å². The lowest BCUT2D eigenvalue weighted by Crippen LogP contribution is -1.92. The molecule has 0 rings (SSSR count). The van der Waals surface area contributed by atoms with Crippen molar-refractivity contribution < 1.29 is 4.74 Å². The van der Waals surface area contributed by atoms with E-state index in [1.807, 2.05) is 22.6 Å². The topological polar surface area (TPSA) is 9.23 Å². The molecule has 0 radical (unpaired) electrons. The number of ether oxygens (including phenoxy) is 1. The Labute approximate surface area is 72.1 Å². The molecule has 0 N–H and O–H groups in total. The molecule has 0 unspecified atom stereocenters. The predicted molar refractivity (Wildman–Crippen MR) is 44.6 cm³/mol. The smallest absolute Gasteiger partial charge is 0.189 e. The molecule has 0 spiro atoms. The Morgan fingerprint density at radius 2 is 2.12 bits per heavy atom. The van der Waals surface area contributed by atoms with Gasteiger partial charge in [0.05, 0.1) is 13.4 Å². The quantitative estimate of drug-likeness (QED) is 0.424. The summed E-state index contributed by atoms with van der Waals surface area (Å²) in [6, 6.07) is 0. The summed E-state index contributed by atoms with van der Waals surface area (Å²) in [5, 5.41) is 0. The van der Waals surface area contributed by atoms with Crippen LogP contribution in [0.5, 0.6) is 0 Å². The monoisotopic (exact) mass is 266 g/mol. The van der Waals surface area contributed by atoms with Crippen molar-refractivity contribution in [2.24, 2.45) is 0 Å². The maximum atomic E-state index is 5.50. The van der Waals surface area contributed by atoms with E-state index in [0.717, 1.165) is 0 Å². The Balaban J connectivity index is 3.52. The fraction of sp³-hybridized carbons (Fsp3) is 0.500. The van der Waals surface area contributed by atoms with E-state index in [1.54, 1.807) is 0 Å². The standard InChI is InChI=1S/C4H5Cl2IO/c1-8-3-2-4(5,6)7/h2-3H,1H3. The number of allylic oxidation sites excluding steroid dienone is 1. The van der Waals surface area contributed by atoms with Crippen LogP contribution in [-0.4, -0.2) is 9.45 Å². The van der Waals surface area contributed by atoms with Gasteiger partial charge in [-0.15, -0.1) is 0 Å². The van der Waals surface area contributed by atoms with Crippen LogP contribution >= 0.6 is 45.8 Å². The summed E-state index contributed by atoms with van der Waals surface area (Å²) in [6.45, 7) is 0. The largest absolute Gasteiger partial charge is 0.505 e. The van der Waals surface area contributed by atoms with Crippen molar-refractivity contribution in [2.75, 3.05) is 7.11 Å². The average Bonchev–Trinajstić information content (AvgIpc) is 1.59. The lowest BCUT2D eigenvalue weighted by Gasteiger charge is -2.00. The van der Waals surface area contributed by atoms with Crippen molar-refractivity contribution in [3.63, 3.8) is 0 Å². The van der Waals surface area contributed by atoms with Crippen molar-refractivity contribution in [2.45, 2.75) is 2.34 Å². The maximum Gasteiger partial charge on any atom is 0.189 e. The van der Waals surface area contributed by atoms with Gasteiger partial charge in [-0.25, -0.2) is 0 Å². The molecule has 0 aliphatic carbocycles. The molecular weight excluding hydrogens is 262 g/mol. The first-order valence-electron chi connectivity index (χ1n) is 1.83. The van der Waals surface area contributed by atoms with Crippen molar-refractivity contribution in [3.05, 3.63) is 12.3 Å². The lowest BCUT2D eigenvalue weighted by molar-refractivity contribution is 0.337. The third-order valence-electron chi connectivity index (χ3n) is 0.393. The predicted octanol–water partition coefficient (Wildman–Crippen LogP) is 2.71. The number of methoxy groups -OCH3 is 1. The number of rotatable bonds is 2. The Bertz CT molecular complexity index is 86.5. The Morgan fingerprint density at radius 1 is 1.62 bits per heavy atom. The molecule has 0 saturated heterocycles. The summed E-state index contributed by atoms with van der Waals surface area (Å²) in [6.07, 6.45) is 2.98. The molecule has 0 atom stereocenters. The van der Waals surface area contributed by atoms with Crippen LogP contribution in [0.2, 0.25) is 0 Å². The second kappa shape index (κ2) is 3.80. The molecule has 1 nitrogen and oxygen atoms in total. The first kappa shape index (κ1) is 8.85. The number of alkyl halides is 3. The Kier molecular flexibility index (Phi) is 4.20. The van der Waals surface area contributed by atoms with E-state index in [2.05, 4.69) is 4.74 Å². The number of halogens is 3. The van der Waals surface area contributed by atoms with E-state index in [9.17, 15) is 0 Å². The van der Waals surface area contributed by atoms with Gasteiger partial charge in [0.2, 0.25) is 0 Å². The minimum Gasteiger partial charge on any atom is -0.505 e. The molecule has 0 aromatic carbocycles. The van der Waals surface area contributed by atoms with Crippen molar-refractivity contribution in [1.29, 1.82) is 0 Å². The van der Waals surface area contributed by atoms with Crippen LogP contribution in [0.25, 0.3) is 0 Å². The van der Waals surface area contributed by atoms with Crippen LogP contribution in [0.15, 0.2) is 12.3 Å². The van der Waals surface area contributed by atoms with E-state index >= 15 is 0 Å². The molecule has 0 aromatic rings. The van der Waals surface area contributed by atoms with Gasteiger partial charge in [0.15, 0.2) is 2.34 Å². The Morgan fingerprint density at radius 3 is 2.25 bits per heavy atom. The molecule has 0 amide bonds. The molecule has 8 heavy (non-hydrogen) atoms. The van der Waals surface area contributed by atoms with Crippen molar-refractivity contribution >= 4 is 45.8 Å². The van der Waals surface area contributed by atoms with Gasteiger partial charge in [-0.1, -0.05) is 23.2 Å². The molecule has 0 saturated carbocycles. The zero-order valence-corrected chi connectivity index (χ0v) is 7.87. The first-order valence-corrected chi connectivity index (χ1v) is 3.67.